The maximum Gasteiger partial charge on any atom is 0.297 e. The van der Waals surface area contributed by atoms with Crippen molar-refractivity contribution < 1.29 is 14.1 Å². The Kier molecular flexibility index (Phi) is 5.83. The molecule has 0 spiro atoms. The molecule has 3 aromatic rings. The zero-order valence-electron chi connectivity index (χ0n) is 17.7. The Morgan fingerprint density at radius 3 is 2.55 bits per heavy atom. The van der Waals surface area contributed by atoms with E-state index in [9.17, 15) is 9.59 Å². The lowest BCUT2D eigenvalue weighted by Gasteiger charge is -2.39. The predicted octanol–water partition coefficient (Wildman–Crippen LogP) is 5.21. The summed E-state index contributed by atoms with van der Waals surface area (Å²) in [6, 6.07) is 16.3. The molecule has 0 N–H and O–H groups in total. The van der Waals surface area contributed by atoms with Gasteiger partial charge in [-0.1, -0.05) is 35.0 Å². The molecule has 2 atom stereocenters. The summed E-state index contributed by atoms with van der Waals surface area (Å²) in [5.74, 6) is -0.411. The Labute approximate surface area is 186 Å². The van der Waals surface area contributed by atoms with Crippen molar-refractivity contribution in [2.45, 2.75) is 39.2 Å². The fraction of sp³-hybridized carbons (Fsp3) is 0.292. The molecule has 6 nitrogen and oxygen atoms in total. The minimum absolute atomic E-state index is 0.00623. The summed E-state index contributed by atoms with van der Waals surface area (Å²) in [6.45, 7) is 6.22. The van der Waals surface area contributed by atoms with Crippen LogP contribution in [0, 0.1) is 6.92 Å². The predicted molar refractivity (Wildman–Crippen MR) is 121 cm³/mol. The van der Waals surface area contributed by atoms with Gasteiger partial charge in [-0.15, -0.1) is 0 Å². The number of anilines is 2. The first-order valence-corrected chi connectivity index (χ1v) is 10.7. The highest BCUT2D eigenvalue weighted by Gasteiger charge is 2.39. The van der Waals surface area contributed by atoms with Gasteiger partial charge in [0.1, 0.15) is 0 Å². The number of hydrogen-bond acceptors (Lipinski definition) is 4. The number of carbonyl (C=O) groups excluding carboxylic acids is 2. The first-order valence-electron chi connectivity index (χ1n) is 10.3. The van der Waals surface area contributed by atoms with Crippen LogP contribution in [0.2, 0.25) is 5.02 Å². The van der Waals surface area contributed by atoms with Gasteiger partial charge in [0.05, 0.1) is 11.6 Å². The molecule has 0 fully saturated rings. The van der Waals surface area contributed by atoms with Gasteiger partial charge in [0.2, 0.25) is 11.7 Å². The summed E-state index contributed by atoms with van der Waals surface area (Å²) in [7, 11) is 0. The number of aryl methyl sites for hydroxylation is 1. The smallest absolute Gasteiger partial charge is 0.297 e. The van der Waals surface area contributed by atoms with E-state index in [1.165, 1.54) is 0 Å². The molecule has 31 heavy (non-hydrogen) atoms. The van der Waals surface area contributed by atoms with E-state index in [-0.39, 0.29) is 29.5 Å². The second-order valence-electron chi connectivity index (χ2n) is 7.76. The van der Waals surface area contributed by atoms with Crippen LogP contribution in [0.4, 0.5) is 11.4 Å². The summed E-state index contributed by atoms with van der Waals surface area (Å²) in [6.07, 6.45) is 0.513. The minimum atomic E-state index is -0.359. The summed E-state index contributed by atoms with van der Waals surface area (Å²) < 4.78 is 5.21. The normalized spacial score (nSPS) is 17.9. The fourth-order valence-corrected chi connectivity index (χ4v) is 4.34. The number of aromatic nitrogens is 1. The topological polar surface area (TPSA) is 66.7 Å². The molecule has 1 aromatic heterocycles. The van der Waals surface area contributed by atoms with Gasteiger partial charge in [-0.3, -0.25) is 9.59 Å². The Morgan fingerprint density at radius 2 is 1.90 bits per heavy atom. The van der Waals surface area contributed by atoms with Crippen LogP contribution >= 0.6 is 11.6 Å². The number of rotatable bonds is 4. The van der Waals surface area contributed by atoms with Crippen LogP contribution in [0.3, 0.4) is 0 Å². The Balaban J connectivity index is 1.70. The van der Waals surface area contributed by atoms with Gasteiger partial charge in [0.25, 0.3) is 5.91 Å². The standard InChI is InChI=1S/C24H24ClN3O3/c1-4-27(18-11-9-17(25)10-12-18)23(29)20-14-16(3)28(21-8-6-5-7-19(20)21)24(30)22-13-15(2)26-31-22/h5-13,16,20H,4,14H2,1-3H3. The number of hydrogen-bond donors (Lipinski definition) is 0. The van der Waals surface area contributed by atoms with Crippen molar-refractivity contribution in [3.63, 3.8) is 0 Å². The molecule has 2 amide bonds. The zero-order valence-corrected chi connectivity index (χ0v) is 18.5. The monoisotopic (exact) mass is 437 g/mol. The molecule has 0 bridgehead atoms. The van der Waals surface area contributed by atoms with Crippen LogP contribution in [0.15, 0.2) is 59.1 Å². The van der Waals surface area contributed by atoms with Crippen molar-refractivity contribution in [1.82, 2.24) is 5.16 Å². The molecule has 4 rings (SSSR count). The van der Waals surface area contributed by atoms with Crippen molar-refractivity contribution in [2.75, 3.05) is 16.3 Å². The van der Waals surface area contributed by atoms with Crippen molar-refractivity contribution in [3.8, 4) is 0 Å². The van der Waals surface area contributed by atoms with Crippen LogP contribution in [-0.2, 0) is 4.79 Å². The Hall–Kier alpha value is -3.12. The molecule has 2 aromatic carbocycles. The van der Waals surface area contributed by atoms with Crippen LogP contribution in [0.25, 0.3) is 0 Å². The second-order valence-corrected chi connectivity index (χ2v) is 8.20. The molecule has 0 saturated heterocycles. The van der Waals surface area contributed by atoms with Crippen molar-refractivity contribution in [1.29, 1.82) is 0 Å². The highest BCUT2D eigenvalue weighted by atomic mass is 35.5. The molecule has 7 heteroatoms. The highest BCUT2D eigenvalue weighted by Crippen LogP contribution is 2.40. The lowest BCUT2D eigenvalue weighted by atomic mass is 9.84. The summed E-state index contributed by atoms with van der Waals surface area (Å²) in [4.78, 5) is 30.3. The number of halogens is 1. The number of carbonyl (C=O) groups is 2. The molecular weight excluding hydrogens is 414 g/mol. The molecule has 1 aliphatic rings. The molecule has 0 radical (unpaired) electrons. The van der Waals surface area contributed by atoms with E-state index in [0.29, 0.717) is 23.7 Å². The second kappa shape index (κ2) is 8.55. The summed E-state index contributed by atoms with van der Waals surface area (Å²) in [5, 5.41) is 4.46. The SMILES string of the molecule is CCN(C(=O)C1CC(C)N(C(=O)c2cc(C)no2)c2ccccc21)c1ccc(Cl)cc1. The molecule has 2 unspecified atom stereocenters. The van der Waals surface area contributed by atoms with Gasteiger partial charge in [-0.05, 0) is 63.1 Å². The van der Waals surface area contributed by atoms with Crippen molar-refractivity contribution >= 4 is 34.8 Å². The first-order chi connectivity index (χ1) is 14.9. The maximum absolute atomic E-state index is 13.6. The average Bonchev–Trinajstić information content (AvgIpc) is 3.21. The number of likely N-dealkylation sites (N-methyl/N-ethyl adjacent to an activating group) is 1. The number of nitrogens with zero attached hydrogens (tertiary/aromatic N) is 3. The molecule has 1 aliphatic heterocycles. The van der Waals surface area contributed by atoms with Crippen LogP contribution in [0.5, 0.6) is 0 Å². The van der Waals surface area contributed by atoms with Crippen LogP contribution < -0.4 is 9.80 Å². The number of benzene rings is 2. The zero-order chi connectivity index (χ0) is 22.1. The van der Waals surface area contributed by atoms with E-state index in [1.807, 2.05) is 50.2 Å². The fourth-order valence-electron chi connectivity index (χ4n) is 4.21. The average molecular weight is 438 g/mol. The van der Waals surface area contributed by atoms with E-state index in [1.54, 1.807) is 34.9 Å². The van der Waals surface area contributed by atoms with E-state index in [2.05, 4.69) is 5.16 Å². The van der Waals surface area contributed by atoms with Gasteiger partial charge in [0.15, 0.2) is 0 Å². The number of amides is 2. The van der Waals surface area contributed by atoms with E-state index < -0.39 is 0 Å². The van der Waals surface area contributed by atoms with Gasteiger partial charge in [0, 0.05) is 35.1 Å². The quantitative estimate of drug-likeness (QED) is 0.561. The molecule has 0 aliphatic carbocycles. The van der Waals surface area contributed by atoms with Crippen LogP contribution in [0.1, 0.15) is 48.0 Å². The number of para-hydroxylation sites is 1. The summed E-state index contributed by atoms with van der Waals surface area (Å²) >= 11 is 6.02. The lowest BCUT2D eigenvalue weighted by molar-refractivity contribution is -0.120. The van der Waals surface area contributed by atoms with Gasteiger partial charge in [-0.25, -0.2) is 0 Å². The van der Waals surface area contributed by atoms with E-state index in [0.717, 1.165) is 16.9 Å². The summed E-state index contributed by atoms with van der Waals surface area (Å²) in [5.41, 5.74) is 3.02. The van der Waals surface area contributed by atoms with Crippen molar-refractivity contribution in [3.05, 3.63) is 76.6 Å². The molecule has 160 valence electrons. The highest BCUT2D eigenvalue weighted by molar-refractivity contribution is 6.30. The third-order valence-electron chi connectivity index (χ3n) is 5.67. The van der Waals surface area contributed by atoms with E-state index in [4.69, 9.17) is 16.1 Å². The lowest BCUT2D eigenvalue weighted by Crippen LogP contribution is -2.46. The maximum atomic E-state index is 13.6. The molecule has 0 saturated carbocycles. The van der Waals surface area contributed by atoms with Gasteiger partial charge >= 0.3 is 0 Å². The minimum Gasteiger partial charge on any atom is -0.351 e. The third-order valence-corrected chi connectivity index (χ3v) is 5.92. The Bertz CT molecular complexity index is 1110. The van der Waals surface area contributed by atoms with Crippen molar-refractivity contribution in [2.24, 2.45) is 0 Å². The third kappa shape index (κ3) is 3.95. The van der Waals surface area contributed by atoms with Crippen LogP contribution in [-0.4, -0.2) is 29.6 Å². The largest absolute Gasteiger partial charge is 0.351 e. The molecule has 2 heterocycles. The molecular formula is C24H24ClN3O3. The first kappa shape index (κ1) is 21.1. The van der Waals surface area contributed by atoms with E-state index >= 15 is 0 Å². The Morgan fingerprint density at radius 1 is 1.19 bits per heavy atom. The van der Waals surface area contributed by atoms with Gasteiger partial charge in [-0.2, -0.15) is 0 Å². The van der Waals surface area contributed by atoms with Gasteiger partial charge < -0.3 is 14.3 Å². The number of fused-ring (bicyclic) bond motifs is 1.